The van der Waals surface area contributed by atoms with Crippen molar-refractivity contribution in [2.45, 2.75) is 77.1 Å². The van der Waals surface area contributed by atoms with E-state index in [-0.39, 0.29) is 11.5 Å². The topological polar surface area (TPSA) is 67.2 Å². The van der Waals surface area contributed by atoms with Crippen molar-refractivity contribution in [2.24, 2.45) is 18.4 Å². The monoisotopic (exact) mass is 389 g/mol. The van der Waals surface area contributed by atoms with Crippen molar-refractivity contribution in [3.8, 4) is 0 Å². The number of rotatable bonds is 6. The normalized spacial score (nSPS) is 23.7. The van der Waals surface area contributed by atoms with Crippen LogP contribution < -0.4 is 5.32 Å². The van der Waals surface area contributed by atoms with E-state index in [4.69, 9.17) is 0 Å². The van der Waals surface area contributed by atoms with Gasteiger partial charge in [0.25, 0.3) is 0 Å². The third kappa shape index (κ3) is 4.65. The summed E-state index contributed by atoms with van der Waals surface area (Å²) in [5.41, 5.74) is -3.08. The van der Waals surface area contributed by atoms with E-state index in [1.165, 1.54) is 19.4 Å². The van der Waals surface area contributed by atoms with Crippen molar-refractivity contribution in [1.29, 1.82) is 0 Å². The lowest BCUT2D eigenvalue weighted by molar-refractivity contribution is -0.271. The first-order chi connectivity index (χ1) is 12.4. The van der Waals surface area contributed by atoms with E-state index < -0.39 is 29.9 Å². The summed E-state index contributed by atoms with van der Waals surface area (Å²) in [6, 6.07) is -0.153. The van der Waals surface area contributed by atoms with Gasteiger partial charge in [-0.1, -0.05) is 27.2 Å². The van der Waals surface area contributed by atoms with Crippen molar-refractivity contribution in [3.63, 3.8) is 0 Å². The van der Waals surface area contributed by atoms with Gasteiger partial charge < -0.3 is 15.0 Å². The van der Waals surface area contributed by atoms with Crippen LogP contribution in [0.15, 0.2) is 12.4 Å². The van der Waals surface area contributed by atoms with Crippen LogP contribution in [0, 0.1) is 11.3 Å². The average Bonchev–Trinajstić information content (AvgIpc) is 3.00. The number of aliphatic hydroxyl groups is 1. The summed E-state index contributed by atoms with van der Waals surface area (Å²) >= 11 is 0. The van der Waals surface area contributed by atoms with Crippen LogP contribution in [-0.2, 0) is 17.4 Å². The Morgan fingerprint density at radius 3 is 2.33 bits per heavy atom. The third-order valence-corrected chi connectivity index (χ3v) is 6.19. The number of alkyl halides is 3. The second kappa shape index (κ2) is 7.81. The van der Waals surface area contributed by atoms with E-state index in [1.54, 1.807) is 0 Å². The van der Waals surface area contributed by atoms with Crippen LogP contribution in [0.1, 0.15) is 65.1 Å². The molecule has 1 aliphatic rings. The fourth-order valence-electron chi connectivity index (χ4n) is 3.89. The molecule has 1 amide bonds. The highest BCUT2D eigenvalue weighted by atomic mass is 19.4. The molecule has 5 nitrogen and oxygen atoms in total. The number of imidazole rings is 1. The van der Waals surface area contributed by atoms with Crippen molar-refractivity contribution in [2.75, 3.05) is 0 Å². The predicted molar refractivity (Wildman–Crippen MR) is 95.7 cm³/mol. The molecule has 1 unspecified atom stereocenters. The summed E-state index contributed by atoms with van der Waals surface area (Å²) in [4.78, 5) is 15.9. The minimum absolute atomic E-state index is 0.153. The lowest BCUT2D eigenvalue weighted by Gasteiger charge is -2.39. The van der Waals surface area contributed by atoms with E-state index in [1.807, 2.05) is 0 Å². The van der Waals surface area contributed by atoms with Crippen molar-refractivity contribution in [3.05, 3.63) is 18.2 Å². The van der Waals surface area contributed by atoms with E-state index >= 15 is 0 Å². The largest absolute Gasteiger partial charge is 0.425 e. The second-order valence-corrected chi connectivity index (χ2v) is 8.35. The minimum Gasteiger partial charge on any atom is -0.374 e. The Kier molecular flexibility index (Phi) is 6.29. The molecule has 1 aromatic rings. The maximum Gasteiger partial charge on any atom is 0.425 e. The third-order valence-electron chi connectivity index (χ3n) is 6.19. The minimum atomic E-state index is -5.01. The standard InChI is InChI=1S/C19H30F3N3O2/c1-5-17(2,3)13-6-8-14(9-7-13)24-15(26)12-18(27,19(20,21)22)16-23-10-11-25(16)4/h10-11,13-14,27H,5-9,12H2,1-4H3,(H,24,26). The molecule has 1 aromatic heterocycles. The molecule has 0 radical (unpaired) electrons. The van der Waals surface area contributed by atoms with Crippen LogP contribution in [0.3, 0.4) is 0 Å². The lowest BCUT2D eigenvalue weighted by Crippen LogP contribution is -2.49. The van der Waals surface area contributed by atoms with Gasteiger partial charge in [-0.2, -0.15) is 13.2 Å². The van der Waals surface area contributed by atoms with Gasteiger partial charge in [-0.15, -0.1) is 0 Å². The van der Waals surface area contributed by atoms with Gasteiger partial charge in [0.05, 0.1) is 6.42 Å². The predicted octanol–water partition coefficient (Wildman–Crippen LogP) is 3.67. The zero-order valence-electron chi connectivity index (χ0n) is 16.4. The summed E-state index contributed by atoms with van der Waals surface area (Å²) in [6.07, 6.45) is 0.801. The zero-order valence-corrected chi connectivity index (χ0v) is 16.4. The van der Waals surface area contributed by atoms with Gasteiger partial charge in [0.2, 0.25) is 11.5 Å². The molecular weight excluding hydrogens is 359 g/mol. The molecule has 154 valence electrons. The van der Waals surface area contributed by atoms with Gasteiger partial charge in [-0.05, 0) is 37.0 Å². The van der Waals surface area contributed by atoms with Gasteiger partial charge in [0.1, 0.15) is 0 Å². The number of aromatic nitrogens is 2. The van der Waals surface area contributed by atoms with Crippen LogP contribution in [-0.4, -0.2) is 32.8 Å². The van der Waals surface area contributed by atoms with Gasteiger partial charge in [0.15, 0.2) is 5.82 Å². The molecule has 27 heavy (non-hydrogen) atoms. The quantitative estimate of drug-likeness (QED) is 0.780. The number of nitrogens with one attached hydrogen (secondary N) is 1. The maximum absolute atomic E-state index is 13.5. The van der Waals surface area contributed by atoms with Crippen LogP contribution in [0.25, 0.3) is 0 Å². The van der Waals surface area contributed by atoms with Crippen molar-refractivity contribution >= 4 is 5.91 Å². The Morgan fingerprint density at radius 2 is 1.89 bits per heavy atom. The summed E-state index contributed by atoms with van der Waals surface area (Å²) in [5, 5.41) is 13.0. The SMILES string of the molecule is CCC(C)(C)C1CCC(NC(=O)CC(O)(c2nccn2C)C(F)(F)F)CC1. The van der Waals surface area contributed by atoms with Crippen LogP contribution in [0.4, 0.5) is 13.2 Å². The Bertz CT molecular complexity index is 649. The smallest absolute Gasteiger partial charge is 0.374 e. The summed E-state index contributed by atoms with van der Waals surface area (Å²) in [5.74, 6) is -0.843. The fourth-order valence-corrected chi connectivity index (χ4v) is 3.89. The molecule has 1 fully saturated rings. The summed E-state index contributed by atoms with van der Waals surface area (Å²) in [7, 11) is 1.35. The average molecular weight is 389 g/mol. The first-order valence-corrected chi connectivity index (χ1v) is 9.47. The highest BCUT2D eigenvalue weighted by Crippen LogP contribution is 2.42. The van der Waals surface area contributed by atoms with Crippen LogP contribution in [0.2, 0.25) is 0 Å². The molecular formula is C19H30F3N3O2. The molecule has 2 N–H and O–H groups in total. The molecule has 0 spiro atoms. The molecule has 1 saturated carbocycles. The molecule has 0 saturated heterocycles. The van der Waals surface area contributed by atoms with E-state index in [9.17, 15) is 23.1 Å². The number of halogens is 3. The first-order valence-electron chi connectivity index (χ1n) is 9.47. The molecule has 0 aliphatic heterocycles. The van der Waals surface area contributed by atoms with Crippen molar-refractivity contribution < 1.29 is 23.1 Å². The zero-order chi connectivity index (χ0) is 20.5. The number of aryl methyl sites for hydroxylation is 1. The number of nitrogens with zero attached hydrogens (tertiary/aromatic N) is 2. The molecule has 1 atom stereocenters. The van der Waals surface area contributed by atoms with E-state index in [2.05, 4.69) is 31.1 Å². The Labute approximate surface area is 158 Å². The Balaban J connectivity index is 2.01. The maximum atomic E-state index is 13.5. The summed E-state index contributed by atoms with van der Waals surface area (Å²) < 4.78 is 41.7. The van der Waals surface area contributed by atoms with Gasteiger partial charge in [-0.25, -0.2) is 4.98 Å². The van der Waals surface area contributed by atoms with Crippen LogP contribution in [0.5, 0.6) is 0 Å². The highest BCUT2D eigenvalue weighted by Gasteiger charge is 2.58. The molecule has 0 aromatic carbocycles. The van der Waals surface area contributed by atoms with E-state index in [0.29, 0.717) is 5.92 Å². The molecule has 2 rings (SSSR count). The molecule has 1 aliphatic carbocycles. The number of hydrogen-bond acceptors (Lipinski definition) is 3. The van der Waals surface area contributed by atoms with Gasteiger partial charge in [-0.3, -0.25) is 4.79 Å². The Morgan fingerprint density at radius 1 is 1.30 bits per heavy atom. The molecule has 1 heterocycles. The Hall–Kier alpha value is -1.57. The molecule has 0 bridgehead atoms. The number of hydrogen-bond donors (Lipinski definition) is 2. The van der Waals surface area contributed by atoms with Crippen LogP contribution >= 0.6 is 0 Å². The highest BCUT2D eigenvalue weighted by molar-refractivity contribution is 5.77. The number of carbonyl (C=O) groups excluding carboxylic acids is 1. The second-order valence-electron chi connectivity index (χ2n) is 8.35. The lowest BCUT2D eigenvalue weighted by atomic mass is 9.69. The number of amides is 1. The fraction of sp³-hybridized carbons (Fsp3) is 0.789. The summed E-state index contributed by atoms with van der Waals surface area (Å²) in [6.45, 7) is 6.61. The van der Waals surface area contributed by atoms with E-state index in [0.717, 1.165) is 36.7 Å². The van der Waals surface area contributed by atoms with Gasteiger partial charge >= 0.3 is 6.18 Å². The first kappa shape index (κ1) is 21.7. The van der Waals surface area contributed by atoms with Gasteiger partial charge in [0, 0.05) is 25.5 Å². The number of carbonyl (C=O) groups is 1. The van der Waals surface area contributed by atoms with Crippen molar-refractivity contribution in [1.82, 2.24) is 14.9 Å². The molecule has 8 heteroatoms.